The highest BCUT2D eigenvalue weighted by molar-refractivity contribution is 5.88. The van der Waals surface area contributed by atoms with E-state index in [4.69, 9.17) is 4.74 Å². The molecule has 0 spiro atoms. The van der Waals surface area contributed by atoms with Gasteiger partial charge in [0.1, 0.15) is 11.8 Å². The monoisotopic (exact) mass is 330 g/mol. The summed E-state index contributed by atoms with van der Waals surface area (Å²) in [7, 11) is 1.67. The van der Waals surface area contributed by atoms with Gasteiger partial charge in [-0.15, -0.1) is 0 Å². The van der Waals surface area contributed by atoms with E-state index in [0.717, 1.165) is 37.0 Å². The Morgan fingerprint density at radius 2 is 2.12 bits per heavy atom. The lowest BCUT2D eigenvalue weighted by molar-refractivity contribution is -0.138. The molecule has 1 heterocycles. The number of carbonyl (C=O) groups is 2. The van der Waals surface area contributed by atoms with Gasteiger partial charge in [0.15, 0.2) is 0 Å². The van der Waals surface area contributed by atoms with Crippen molar-refractivity contribution in [3.05, 3.63) is 29.8 Å². The lowest BCUT2D eigenvalue weighted by Gasteiger charge is -2.24. The molecule has 0 aromatic heterocycles. The molecule has 24 heavy (non-hydrogen) atoms. The fraction of sp³-hybridized carbons (Fsp3) is 0.579. The Morgan fingerprint density at radius 1 is 1.33 bits per heavy atom. The molecule has 130 valence electrons. The van der Waals surface area contributed by atoms with Gasteiger partial charge in [0.25, 0.3) is 0 Å². The zero-order valence-corrected chi connectivity index (χ0v) is 14.5. The van der Waals surface area contributed by atoms with Crippen LogP contribution in [0.2, 0.25) is 0 Å². The second kappa shape index (κ2) is 7.24. The molecule has 1 aliphatic carbocycles. The van der Waals surface area contributed by atoms with E-state index in [9.17, 15) is 9.59 Å². The summed E-state index contributed by atoms with van der Waals surface area (Å²) in [5.41, 5.74) is 1.15. The van der Waals surface area contributed by atoms with Crippen LogP contribution >= 0.6 is 0 Å². The highest BCUT2D eigenvalue weighted by atomic mass is 16.5. The van der Waals surface area contributed by atoms with E-state index in [1.165, 1.54) is 0 Å². The normalized spacial score (nSPS) is 25.4. The van der Waals surface area contributed by atoms with Crippen LogP contribution in [0.3, 0.4) is 0 Å². The highest BCUT2D eigenvalue weighted by Gasteiger charge is 2.43. The smallest absolute Gasteiger partial charge is 0.243 e. The molecule has 1 saturated carbocycles. The SMILES string of the molecule is CCCC(=O)N1CCC[C@@H]1C(=O)N[C@H]1C[C@H]1c1ccccc1OC. The van der Waals surface area contributed by atoms with E-state index in [1.54, 1.807) is 12.0 Å². The van der Waals surface area contributed by atoms with E-state index in [0.29, 0.717) is 18.9 Å². The molecule has 0 bridgehead atoms. The Hall–Kier alpha value is -2.04. The van der Waals surface area contributed by atoms with E-state index < -0.39 is 0 Å². The lowest BCUT2D eigenvalue weighted by Crippen LogP contribution is -2.46. The maximum atomic E-state index is 12.6. The van der Waals surface area contributed by atoms with Crippen molar-refractivity contribution in [2.24, 2.45) is 0 Å². The van der Waals surface area contributed by atoms with Crippen molar-refractivity contribution >= 4 is 11.8 Å². The average molecular weight is 330 g/mol. The van der Waals surface area contributed by atoms with Crippen molar-refractivity contribution in [3.8, 4) is 5.75 Å². The molecule has 0 unspecified atom stereocenters. The van der Waals surface area contributed by atoms with E-state index in [1.807, 2.05) is 25.1 Å². The van der Waals surface area contributed by atoms with Crippen LogP contribution in [-0.4, -0.2) is 42.5 Å². The summed E-state index contributed by atoms with van der Waals surface area (Å²) in [5, 5.41) is 3.13. The topological polar surface area (TPSA) is 58.6 Å². The van der Waals surface area contributed by atoms with E-state index in [2.05, 4.69) is 11.4 Å². The first-order valence-electron chi connectivity index (χ1n) is 8.88. The maximum absolute atomic E-state index is 12.6. The molecule has 5 nitrogen and oxygen atoms in total. The Labute approximate surface area is 143 Å². The van der Waals surface area contributed by atoms with Gasteiger partial charge in [0, 0.05) is 24.9 Å². The van der Waals surface area contributed by atoms with Crippen LogP contribution < -0.4 is 10.1 Å². The number of hydrogen-bond donors (Lipinski definition) is 1. The first-order chi connectivity index (χ1) is 11.7. The van der Waals surface area contributed by atoms with Gasteiger partial charge in [-0.2, -0.15) is 0 Å². The fourth-order valence-electron chi connectivity index (χ4n) is 3.65. The molecule has 1 aromatic rings. The van der Waals surface area contributed by atoms with Gasteiger partial charge in [0.05, 0.1) is 7.11 Å². The number of likely N-dealkylation sites (tertiary alicyclic amines) is 1. The number of para-hydroxylation sites is 1. The second-order valence-corrected chi connectivity index (χ2v) is 6.69. The van der Waals surface area contributed by atoms with Crippen molar-refractivity contribution in [3.63, 3.8) is 0 Å². The summed E-state index contributed by atoms with van der Waals surface area (Å²) >= 11 is 0. The Balaban J connectivity index is 1.59. The molecule has 1 saturated heterocycles. The van der Waals surface area contributed by atoms with Crippen molar-refractivity contribution in [2.45, 2.75) is 57.0 Å². The van der Waals surface area contributed by atoms with E-state index in [-0.39, 0.29) is 23.9 Å². The van der Waals surface area contributed by atoms with Crippen molar-refractivity contribution in [2.75, 3.05) is 13.7 Å². The minimum atomic E-state index is -0.289. The number of methoxy groups -OCH3 is 1. The number of hydrogen-bond acceptors (Lipinski definition) is 3. The number of nitrogens with zero attached hydrogens (tertiary/aromatic N) is 1. The largest absolute Gasteiger partial charge is 0.496 e. The van der Waals surface area contributed by atoms with Crippen molar-refractivity contribution < 1.29 is 14.3 Å². The molecule has 2 aliphatic rings. The van der Waals surface area contributed by atoms with Gasteiger partial charge in [-0.05, 0) is 37.3 Å². The summed E-state index contributed by atoms with van der Waals surface area (Å²) in [6.07, 6.45) is 3.96. The van der Waals surface area contributed by atoms with E-state index >= 15 is 0 Å². The summed E-state index contributed by atoms with van der Waals surface area (Å²) in [4.78, 5) is 26.5. The molecule has 3 atom stereocenters. The van der Waals surface area contributed by atoms with Gasteiger partial charge < -0.3 is 15.0 Å². The summed E-state index contributed by atoms with van der Waals surface area (Å²) in [5.74, 6) is 1.29. The van der Waals surface area contributed by atoms with Gasteiger partial charge in [0.2, 0.25) is 11.8 Å². The number of benzene rings is 1. The second-order valence-electron chi connectivity index (χ2n) is 6.69. The van der Waals surface area contributed by atoms with Crippen molar-refractivity contribution in [1.29, 1.82) is 0 Å². The molecule has 2 fully saturated rings. The molecule has 3 rings (SSSR count). The molecule has 2 amide bonds. The predicted octanol–water partition coefficient (Wildman–Crippen LogP) is 2.46. The number of nitrogens with one attached hydrogen (secondary N) is 1. The molecular formula is C19H26N2O3. The predicted molar refractivity (Wildman–Crippen MR) is 91.9 cm³/mol. The molecule has 1 aromatic carbocycles. The number of ether oxygens (including phenoxy) is 1. The first-order valence-corrected chi connectivity index (χ1v) is 8.88. The molecule has 1 N–H and O–H groups in total. The van der Waals surface area contributed by atoms with Crippen LogP contribution in [0.15, 0.2) is 24.3 Å². The Bertz CT molecular complexity index is 616. The van der Waals surface area contributed by atoms with Gasteiger partial charge >= 0.3 is 0 Å². The van der Waals surface area contributed by atoms with Gasteiger partial charge in [-0.25, -0.2) is 0 Å². The van der Waals surface area contributed by atoms with Crippen LogP contribution in [-0.2, 0) is 9.59 Å². The first kappa shape index (κ1) is 16.8. The summed E-state index contributed by atoms with van der Waals surface area (Å²) in [6.45, 7) is 2.70. The Kier molecular flexibility index (Phi) is 5.07. The number of rotatable bonds is 6. The molecular weight excluding hydrogens is 304 g/mol. The zero-order valence-electron chi connectivity index (χ0n) is 14.5. The van der Waals surface area contributed by atoms with Crippen LogP contribution in [0.1, 0.15) is 50.5 Å². The van der Waals surface area contributed by atoms with Crippen LogP contribution in [0.4, 0.5) is 0 Å². The summed E-state index contributed by atoms with van der Waals surface area (Å²) in [6, 6.07) is 7.82. The Morgan fingerprint density at radius 3 is 2.88 bits per heavy atom. The highest BCUT2D eigenvalue weighted by Crippen LogP contribution is 2.44. The van der Waals surface area contributed by atoms with Gasteiger partial charge in [-0.1, -0.05) is 25.1 Å². The molecule has 1 aliphatic heterocycles. The number of amides is 2. The third-order valence-electron chi connectivity index (χ3n) is 5.00. The third kappa shape index (κ3) is 3.40. The van der Waals surface area contributed by atoms with Crippen LogP contribution in [0, 0.1) is 0 Å². The standard InChI is InChI=1S/C19H26N2O3/c1-3-7-18(22)21-11-6-9-16(21)19(23)20-15-12-14(15)13-8-4-5-10-17(13)24-2/h4-5,8,10,14-16H,3,6-7,9,11-12H2,1-2H3,(H,20,23)/t14-,15-,16+/m0/s1. The number of carbonyl (C=O) groups excluding carboxylic acids is 2. The van der Waals surface area contributed by atoms with Crippen molar-refractivity contribution in [1.82, 2.24) is 10.2 Å². The van der Waals surface area contributed by atoms with Crippen LogP contribution in [0.5, 0.6) is 5.75 Å². The minimum Gasteiger partial charge on any atom is -0.496 e. The minimum absolute atomic E-state index is 0.000601. The quantitative estimate of drug-likeness (QED) is 0.872. The van der Waals surface area contributed by atoms with Crippen LogP contribution in [0.25, 0.3) is 0 Å². The lowest BCUT2D eigenvalue weighted by atomic mass is 10.1. The van der Waals surface area contributed by atoms with Gasteiger partial charge in [-0.3, -0.25) is 9.59 Å². The molecule has 5 heteroatoms. The zero-order chi connectivity index (χ0) is 17.1. The summed E-state index contributed by atoms with van der Waals surface area (Å²) < 4.78 is 5.41. The average Bonchev–Trinajstić information content (AvgIpc) is 3.16. The fourth-order valence-corrected chi connectivity index (χ4v) is 3.65. The molecule has 0 radical (unpaired) electrons. The third-order valence-corrected chi connectivity index (χ3v) is 5.00. The maximum Gasteiger partial charge on any atom is 0.243 e.